The molecule has 0 amide bonds. The van der Waals surface area contributed by atoms with Crippen LogP contribution in [0.15, 0.2) is 257 Å². The molecule has 0 bridgehead atoms. The molecule has 11 aromatic rings. The molecule has 0 unspecified atom stereocenters. The standard InChI is InChI=1S/C20H15NO2S.C14H10BrNO2S.C14H11N.C6H7BO2.C4H8O/c22-24(23,17-11-5-2-6-12-17)21-15-19(16-9-3-1-4-10-16)18-13-7-8-14-20(18)21;15-13-10-16(14-9-5-4-8-12(13)14)19(17,18)11-6-2-1-3-7-11;1-2-6-11(7-3-1)13-10-15-14-9-5-4-8-12(13)14;8-7(9)6-4-2-1-3-5-6;1-2-4-5-3-1/h1-15H;1-10H;1-10,15H;1-5,8-9H;1-4H2. The predicted molar refractivity (Wildman–Crippen MR) is 295 cm³/mol. The van der Waals surface area contributed by atoms with E-state index in [0.29, 0.717) is 16.5 Å². The molecular formula is C58H51BBrN3O7S2. The molecular weight excluding hydrogens is 1010 g/mol. The normalized spacial score (nSPS) is 12.0. The molecule has 1 saturated heterocycles. The summed E-state index contributed by atoms with van der Waals surface area (Å²) in [6.45, 7) is 2.00. The van der Waals surface area contributed by atoms with E-state index in [4.69, 9.17) is 14.8 Å². The summed E-state index contributed by atoms with van der Waals surface area (Å²) in [7, 11) is -8.54. The van der Waals surface area contributed by atoms with Gasteiger partial charge < -0.3 is 19.8 Å². The topological polar surface area (TPSA) is 144 Å². The summed E-state index contributed by atoms with van der Waals surface area (Å²) in [4.78, 5) is 3.85. The number of hydrogen-bond donors (Lipinski definition) is 3. The van der Waals surface area contributed by atoms with Gasteiger partial charge in [-0.05, 0) is 87.8 Å². The first-order valence-electron chi connectivity index (χ1n) is 23.2. The van der Waals surface area contributed by atoms with Crippen molar-refractivity contribution in [1.29, 1.82) is 0 Å². The Bertz CT molecular complexity index is 3680. The van der Waals surface area contributed by atoms with Gasteiger partial charge >= 0.3 is 7.12 Å². The smallest absolute Gasteiger partial charge is 0.423 e. The predicted octanol–water partition coefficient (Wildman–Crippen LogP) is 12.2. The Morgan fingerprint density at radius 2 is 0.861 bits per heavy atom. The van der Waals surface area contributed by atoms with Crippen LogP contribution in [0.3, 0.4) is 0 Å². The zero-order valence-electron chi connectivity index (χ0n) is 39.0. The number of ether oxygens (including phenoxy) is 1. The largest absolute Gasteiger partial charge is 0.488 e. The fraction of sp³-hybridized carbons (Fsp3) is 0.0690. The maximum atomic E-state index is 13.1. The van der Waals surface area contributed by atoms with Crippen molar-refractivity contribution >= 4 is 81.3 Å². The molecule has 72 heavy (non-hydrogen) atoms. The maximum absolute atomic E-state index is 13.1. The average molecular weight is 1060 g/mol. The quantitative estimate of drug-likeness (QED) is 0.135. The van der Waals surface area contributed by atoms with Crippen molar-refractivity contribution in [3.05, 3.63) is 248 Å². The molecule has 0 atom stereocenters. The fourth-order valence-corrected chi connectivity index (χ4v) is 11.4. The SMILES string of the molecule is C1CCOC1.O=S(=O)(c1ccccc1)n1cc(-c2ccccc2)c2ccccc21.O=S(=O)(c1ccccc1)n1cc(Br)c2ccccc21.OB(O)c1ccccc1.c1ccc(-c2c[nH]c3ccccc23)cc1. The second-order valence-corrected chi connectivity index (χ2v) is 20.8. The first-order valence-corrected chi connectivity index (χ1v) is 26.8. The lowest BCUT2D eigenvalue weighted by Crippen LogP contribution is -2.29. The number of nitrogens with one attached hydrogen (secondary N) is 1. The zero-order valence-corrected chi connectivity index (χ0v) is 42.2. The first-order chi connectivity index (χ1) is 35.0. The molecule has 4 heterocycles. The van der Waals surface area contributed by atoms with Crippen molar-refractivity contribution in [2.45, 2.75) is 22.6 Å². The Balaban J connectivity index is 0.000000129. The number of halogens is 1. The van der Waals surface area contributed by atoms with E-state index in [0.717, 1.165) is 39.6 Å². The third-order valence-corrected chi connectivity index (χ3v) is 15.6. The highest BCUT2D eigenvalue weighted by Crippen LogP contribution is 2.33. The van der Waals surface area contributed by atoms with E-state index in [2.05, 4.69) is 69.6 Å². The minimum Gasteiger partial charge on any atom is -0.423 e. The molecule has 0 spiro atoms. The highest BCUT2D eigenvalue weighted by Gasteiger charge is 2.22. The molecule has 12 rings (SSSR count). The van der Waals surface area contributed by atoms with Crippen molar-refractivity contribution in [3.8, 4) is 22.3 Å². The van der Waals surface area contributed by atoms with Crippen LogP contribution in [0, 0.1) is 0 Å². The lowest BCUT2D eigenvalue weighted by Gasteiger charge is -2.07. The Labute approximate surface area is 428 Å². The highest BCUT2D eigenvalue weighted by molar-refractivity contribution is 9.10. The monoisotopic (exact) mass is 1060 g/mol. The number of para-hydroxylation sites is 3. The Kier molecular flexibility index (Phi) is 17.2. The van der Waals surface area contributed by atoms with Gasteiger partial charge in [0.1, 0.15) is 0 Å². The molecule has 1 aliphatic rings. The number of nitrogens with zero attached hydrogens (tertiary/aromatic N) is 2. The van der Waals surface area contributed by atoms with Crippen LogP contribution in [0.5, 0.6) is 0 Å². The summed E-state index contributed by atoms with van der Waals surface area (Å²) in [5, 5.41) is 20.2. The van der Waals surface area contributed by atoms with Crippen LogP contribution in [0.4, 0.5) is 0 Å². The Morgan fingerprint density at radius 3 is 1.35 bits per heavy atom. The van der Waals surface area contributed by atoms with Crippen molar-refractivity contribution in [2.24, 2.45) is 0 Å². The average Bonchev–Trinajstić information content (AvgIpc) is 4.29. The number of H-pyrrole nitrogens is 1. The molecule has 0 radical (unpaired) electrons. The minimum absolute atomic E-state index is 0.281. The lowest BCUT2D eigenvalue weighted by molar-refractivity contribution is 0.198. The minimum atomic E-state index is -3.64. The second kappa shape index (κ2) is 24.2. The molecule has 14 heteroatoms. The summed E-state index contributed by atoms with van der Waals surface area (Å²) >= 11 is 3.40. The maximum Gasteiger partial charge on any atom is 0.488 e. The Hall–Kier alpha value is -7.30. The van der Waals surface area contributed by atoms with Gasteiger partial charge in [-0.25, -0.2) is 24.8 Å². The van der Waals surface area contributed by atoms with E-state index in [-0.39, 0.29) is 9.79 Å². The fourth-order valence-electron chi connectivity index (χ4n) is 7.98. The van der Waals surface area contributed by atoms with E-state index in [1.54, 1.807) is 97.3 Å². The molecule has 0 saturated carbocycles. The highest BCUT2D eigenvalue weighted by atomic mass is 79.9. The molecule has 3 aromatic heterocycles. The number of hydrogen-bond acceptors (Lipinski definition) is 7. The molecule has 3 N–H and O–H groups in total. The van der Waals surface area contributed by atoms with Crippen molar-refractivity contribution in [2.75, 3.05) is 13.2 Å². The molecule has 8 aromatic carbocycles. The van der Waals surface area contributed by atoms with Gasteiger partial charge in [0.25, 0.3) is 20.0 Å². The van der Waals surface area contributed by atoms with Gasteiger partial charge in [-0.1, -0.05) is 182 Å². The molecule has 0 aliphatic carbocycles. The van der Waals surface area contributed by atoms with Gasteiger partial charge in [-0.3, -0.25) is 0 Å². The molecule has 10 nitrogen and oxygen atoms in total. The summed E-state index contributed by atoms with van der Waals surface area (Å²) in [5.41, 5.74) is 7.50. The third-order valence-electron chi connectivity index (χ3n) is 11.6. The van der Waals surface area contributed by atoms with Crippen LogP contribution < -0.4 is 5.46 Å². The van der Waals surface area contributed by atoms with E-state index >= 15 is 0 Å². The molecule has 1 fully saturated rings. The summed E-state index contributed by atoms with van der Waals surface area (Å²) in [6, 6.07) is 69.2. The van der Waals surface area contributed by atoms with Crippen LogP contribution in [0.1, 0.15) is 12.8 Å². The molecule has 362 valence electrons. The third kappa shape index (κ3) is 12.2. The Morgan fingerprint density at radius 1 is 0.458 bits per heavy atom. The van der Waals surface area contributed by atoms with E-state index in [9.17, 15) is 16.8 Å². The number of benzene rings is 8. The van der Waals surface area contributed by atoms with Crippen LogP contribution in [0.25, 0.3) is 55.0 Å². The number of aromatic nitrogens is 3. The number of rotatable bonds is 7. The number of aromatic amines is 1. The van der Waals surface area contributed by atoms with Crippen molar-refractivity contribution < 1.29 is 31.6 Å². The van der Waals surface area contributed by atoms with Crippen LogP contribution in [-0.4, -0.2) is 60.1 Å². The summed E-state index contributed by atoms with van der Waals surface area (Å²) in [5.74, 6) is 0. The first kappa shape index (κ1) is 51.1. The van der Waals surface area contributed by atoms with Gasteiger partial charge in [0, 0.05) is 69.1 Å². The second-order valence-electron chi connectivity index (χ2n) is 16.4. The van der Waals surface area contributed by atoms with Gasteiger partial charge in [-0.15, -0.1) is 0 Å². The lowest BCUT2D eigenvalue weighted by atomic mass is 9.81. The van der Waals surface area contributed by atoms with Gasteiger partial charge in [-0.2, -0.15) is 0 Å². The van der Waals surface area contributed by atoms with Gasteiger partial charge in [0.2, 0.25) is 0 Å². The zero-order chi connectivity index (χ0) is 50.3. The van der Waals surface area contributed by atoms with Gasteiger partial charge in [0.15, 0.2) is 0 Å². The van der Waals surface area contributed by atoms with Crippen molar-refractivity contribution in [3.63, 3.8) is 0 Å². The van der Waals surface area contributed by atoms with Crippen LogP contribution >= 0.6 is 15.9 Å². The van der Waals surface area contributed by atoms with Crippen LogP contribution in [0.2, 0.25) is 0 Å². The van der Waals surface area contributed by atoms with E-state index in [1.807, 2.05) is 97.1 Å². The number of fused-ring (bicyclic) bond motifs is 3. The molecule has 1 aliphatic heterocycles. The van der Waals surface area contributed by atoms with E-state index < -0.39 is 27.2 Å². The van der Waals surface area contributed by atoms with Gasteiger partial charge in [0.05, 0.1) is 20.8 Å². The summed E-state index contributed by atoms with van der Waals surface area (Å²) in [6.07, 6.45) is 7.93. The van der Waals surface area contributed by atoms with E-state index in [1.165, 1.54) is 42.8 Å². The summed E-state index contributed by atoms with van der Waals surface area (Å²) < 4.78 is 59.7. The van der Waals surface area contributed by atoms with Crippen molar-refractivity contribution in [1.82, 2.24) is 12.9 Å². The van der Waals surface area contributed by atoms with Crippen LogP contribution in [-0.2, 0) is 24.8 Å².